The summed E-state index contributed by atoms with van der Waals surface area (Å²) in [6, 6.07) is 13.3. The summed E-state index contributed by atoms with van der Waals surface area (Å²) in [5.74, 6) is 1.22. The molecule has 20 heavy (non-hydrogen) atoms. The standard InChI is InChI=1S/C17H14O3/c1-2-10-19-17(18)13-7-5-9-16-14(13)11-12-6-3-4-8-15(12)20-16/h2-9H,1,10-11H2. The monoisotopic (exact) mass is 266 g/mol. The number of benzene rings is 2. The lowest BCUT2D eigenvalue weighted by Crippen LogP contribution is -2.12. The van der Waals surface area contributed by atoms with Crippen LogP contribution >= 0.6 is 0 Å². The van der Waals surface area contributed by atoms with Gasteiger partial charge in [0, 0.05) is 12.0 Å². The van der Waals surface area contributed by atoms with E-state index in [2.05, 4.69) is 6.58 Å². The summed E-state index contributed by atoms with van der Waals surface area (Å²) in [5, 5.41) is 0. The molecule has 0 aromatic heterocycles. The van der Waals surface area contributed by atoms with Gasteiger partial charge in [0.05, 0.1) is 5.56 Å². The second-order valence-corrected chi connectivity index (χ2v) is 4.56. The summed E-state index contributed by atoms with van der Waals surface area (Å²) in [5.41, 5.74) is 2.50. The van der Waals surface area contributed by atoms with E-state index in [1.165, 1.54) is 0 Å². The first-order chi connectivity index (χ1) is 9.79. The molecule has 1 heterocycles. The number of fused-ring (bicyclic) bond motifs is 2. The van der Waals surface area contributed by atoms with Crippen molar-refractivity contribution in [2.45, 2.75) is 6.42 Å². The fraction of sp³-hybridized carbons (Fsp3) is 0.118. The summed E-state index contributed by atoms with van der Waals surface area (Å²) in [6.07, 6.45) is 2.23. The first-order valence-electron chi connectivity index (χ1n) is 6.45. The van der Waals surface area contributed by atoms with Crippen molar-refractivity contribution in [2.75, 3.05) is 6.61 Å². The summed E-state index contributed by atoms with van der Waals surface area (Å²) < 4.78 is 11.0. The van der Waals surface area contributed by atoms with Crippen molar-refractivity contribution in [3.63, 3.8) is 0 Å². The van der Waals surface area contributed by atoms with Crippen LogP contribution in [0.2, 0.25) is 0 Å². The molecular formula is C17H14O3. The number of esters is 1. The molecule has 3 heteroatoms. The van der Waals surface area contributed by atoms with Crippen molar-refractivity contribution in [3.8, 4) is 11.5 Å². The molecule has 0 bridgehead atoms. The van der Waals surface area contributed by atoms with Crippen LogP contribution in [-0.4, -0.2) is 12.6 Å². The van der Waals surface area contributed by atoms with Gasteiger partial charge in [-0.05, 0) is 23.8 Å². The van der Waals surface area contributed by atoms with Crippen LogP contribution in [0.3, 0.4) is 0 Å². The molecule has 3 nitrogen and oxygen atoms in total. The van der Waals surface area contributed by atoms with E-state index < -0.39 is 0 Å². The van der Waals surface area contributed by atoms with Gasteiger partial charge in [0.15, 0.2) is 0 Å². The van der Waals surface area contributed by atoms with Crippen LogP contribution in [0.15, 0.2) is 55.1 Å². The Hall–Kier alpha value is -2.55. The van der Waals surface area contributed by atoms with Crippen LogP contribution in [0, 0.1) is 0 Å². The van der Waals surface area contributed by atoms with Crippen molar-refractivity contribution in [1.29, 1.82) is 0 Å². The van der Waals surface area contributed by atoms with Gasteiger partial charge >= 0.3 is 5.97 Å². The van der Waals surface area contributed by atoms with E-state index in [1.807, 2.05) is 30.3 Å². The Morgan fingerprint density at radius 3 is 2.85 bits per heavy atom. The smallest absolute Gasteiger partial charge is 0.338 e. The zero-order valence-corrected chi connectivity index (χ0v) is 11.0. The zero-order chi connectivity index (χ0) is 13.9. The predicted octanol–water partition coefficient (Wildman–Crippen LogP) is 3.73. The van der Waals surface area contributed by atoms with E-state index in [9.17, 15) is 4.79 Å². The Labute approximate surface area is 117 Å². The SMILES string of the molecule is C=CCOC(=O)c1cccc2c1Cc1ccccc1O2. The Morgan fingerprint density at radius 1 is 1.20 bits per heavy atom. The van der Waals surface area contributed by atoms with Crippen LogP contribution in [0.4, 0.5) is 0 Å². The van der Waals surface area contributed by atoms with Crippen molar-refractivity contribution in [3.05, 3.63) is 71.8 Å². The zero-order valence-electron chi connectivity index (χ0n) is 11.0. The molecule has 1 aliphatic heterocycles. The van der Waals surface area contributed by atoms with Gasteiger partial charge in [0.1, 0.15) is 18.1 Å². The summed E-state index contributed by atoms with van der Waals surface area (Å²) in [4.78, 5) is 12.1. The molecule has 0 atom stereocenters. The summed E-state index contributed by atoms with van der Waals surface area (Å²) >= 11 is 0. The molecule has 0 aliphatic carbocycles. The highest BCUT2D eigenvalue weighted by molar-refractivity contribution is 5.92. The molecule has 0 saturated carbocycles. The largest absolute Gasteiger partial charge is 0.458 e. The van der Waals surface area contributed by atoms with Crippen LogP contribution in [-0.2, 0) is 11.2 Å². The van der Waals surface area contributed by atoms with Gasteiger partial charge in [-0.25, -0.2) is 4.79 Å². The van der Waals surface area contributed by atoms with Crippen LogP contribution < -0.4 is 4.74 Å². The van der Waals surface area contributed by atoms with Gasteiger partial charge in [0.2, 0.25) is 0 Å². The van der Waals surface area contributed by atoms with Crippen LogP contribution in [0.1, 0.15) is 21.5 Å². The fourth-order valence-corrected chi connectivity index (χ4v) is 2.31. The fourth-order valence-electron chi connectivity index (χ4n) is 2.31. The Kier molecular flexibility index (Phi) is 3.25. The molecule has 0 unspecified atom stereocenters. The third kappa shape index (κ3) is 2.18. The molecule has 100 valence electrons. The number of ether oxygens (including phenoxy) is 2. The quantitative estimate of drug-likeness (QED) is 0.535. The summed E-state index contributed by atoms with van der Waals surface area (Å²) in [7, 11) is 0. The number of hydrogen-bond donors (Lipinski definition) is 0. The van der Waals surface area contributed by atoms with E-state index in [-0.39, 0.29) is 12.6 Å². The Morgan fingerprint density at radius 2 is 2.00 bits per heavy atom. The summed E-state index contributed by atoms with van der Waals surface area (Å²) in [6.45, 7) is 3.75. The van der Waals surface area contributed by atoms with Gasteiger partial charge in [-0.15, -0.1) is 0 Å². The van der Waals surface area contributed by atoms with Gasteiger partial charge in [-0.2, -0.15) is 0 Å². The van der Waals surface area contributed by atoms with Gasteiger partial charge < -0.3 is 9.47 Å². The minimum atomic E-state index is -0.343. The minimum absolute atomic E-state index is 0.208. The van der Waals surface area contributed by atoms with Crippen molar-refractivity contribution < 1.29 is 14.3 Å². The van der Waals surface area contributed by atoms with E-state index in [0.717, 1.165) is 22.6 Å². The highest BCUT2D eigenvalue weighted by atomic mass is 16.5. The third-order valence-corrected chi connectivity index (χ3v) is 3.24. The molecule has 2 aromatic rings. The molecule has 0 spiro atoms. The molecular weight excluding hydrogens is 252 g/mol. The number of para-hydroxylation sites is 1. The molecule has 0 N–H and O–H groups in total. The third-order valence-electron chi connectivity index (χ3n) is 3.24. The van der Waals surface area contributed by atoms with Crippen LogP contribution in [0.5, 0.6) is 11.5 Å². The van der Waals surface area contributed by atoms with Gasteiger partial charge in [-0.1, -0.05) is 36.9 Å². The molecule has 1 aliphatic rings. The maximum Gasteiger partial charge on any atom is 0.338 e. The lowest BCUT2D eigenvalue weighted by Gasteiger charge is -2.21. The second kappa shape index (κ2) is 5.21. The average molecular weight is 266 g/mol. The lowest BCUT2D eigenvalue weighted by atomic mass is 9.96. The first kappa shape index (κ1) is 12.5. The first-order valence-corrected chi connectivity index (χ1v) is 6.45. The minimum Gasteiger partial charge on any atom is -0.458 e. The molecule has 0 saturated heterocycles. The van der Waals surface area contributed by atoms with E-state index >= 15 is 0 Å². The molecule has 0 amide bonds. The molecule has 0 radical (unpaired) electrons. The van der Waals surface area contributed by atoms with Crippen molar-refractivity contribution in [2.24, 2.45) is 0 Å². The average Bonchev–Trinajstić information content (AvgIpc) is 2.50. The van der Waals surface area contributed by atoms with E-state index in [4.69, 9.17) is 9.47 Å². The number of rotatable bonds is 3. The highest BCUT2D eigenvalue weighted by Gasteiger charge is 2.22. The van der Waals surface area contributed by atoms with Crippen LogP contribution in [0.25, 0.3) is 0 Å². The second-order valence-electron chi connectivity index (χ2n) is 4.56. The topological polar surface area (TPSA) is 35.5 Å². The maximum atomic E-state index is 12.1. The molecule has 3 rings (SSSR count). The Balaban J connectivity index is 1.97. The number of carbonyl (C=O) groups excluding carboxylic acids is 1. The van der Waals surface area contributed by atoms with Gasteiger partial charge in [0.25, 0.3) is 0 Å². The molecule has 2 aromatic carbocycles. The van der Waals surface area contributed by atoms with Gasteiger partial charge in [-0.3, -0.25) is 0 Å². The van der Waals surface area contributed by atoms with Crippen molar-refractivity contribution in [1.82, 2.24) is 0 Å². The number of carbonyl (C=O) groups is 1. The maximum absolute atomic E-state index is 12.1. The Bertz CT molecular complexity index is 674. The lowest BCUT2D eigenvalue weighted by molar-refractivity contribution is 0.0548. The number of hydrogen-bond acceptors (Lipinski definition) is 3. The molecule has 0 fully saturated rings. The van der Waals surface area contributed by atoms with E-state index in [0.29, 0.717) is 12.0 Å². The predicted molar refractivity (Wildman–Crippen MR) is 76.2 cm³/mol. The van der Waals surface area contributed by atoms with E-state index in [1.54, 1.807) is 18.2 Å². The normalized spacial score (nSPS) is 11.8. The van der Waals surface area contributed by atoms with Crippen molar-refractivity contribution >= 4 is 5.97 Å². The highest BCUT2D eigenvalue weighted by Crippen LogP contribution is 2.37.